The van der Waals surface area contributed by atoms with Crippen LogP contribution in [0.25, 0.3) is 10.6 Å². The maximum Gasteiger partial charge on any atom is 0.307 e. The van der Waals surface area contributed by atoms with E-state index >= 15 is 0 Å². The number of hydrogen-bond acceptors (Lipinski definition) is 11. The van der Waals surface area contributed by atoms with E-state index in [1.54, 1.807) is 30.6 Å². The van der Waals surface area contributed by atoms with Crippen molar-refractivity contribution in [2.24, 2.45) is 23.7 Å². The van der Waals surface area contributed by atoms with Gasteiger partial charge in [-0.1, -0.05) is 31.1 Å². The second kappa shape index (κ2) is 14.5. The first-order chi connectivity index (χ1) is 25.1. The largest absolute Gasteiger partial charge is 0.460 e. The summed E-state index contributed by atoms with van der Waals surface area (Å²) in [5.41, 5.74) is -1.51. The first kappa shape index (κ1) is 37.7. The Bertz CT molecular complexity index is 1900. The predicted molar refractivity (Wildman–Crippen MR) is 199 cm³/mol. The number of thiophene rings is 1. The van der Waals surface area contributed by atoms with Gasteiger partial charge in [0.1, 0.15) is 17.2 Å². The molecule has 4 amide bonds. The zero-order chi connectivity index (χ0) is 37.7. The molecule has 7 rings (SSSR count). The van der Waals surface area contributed by atoms with E-state index < -0.39 is 68.0 Å². The second-order valence-electron chi connectivity index (χ2n) is 16.1. The number of aromatic nitrogens is 1. The summed E-state index contributed by atoms with van der Waals surface area (Å²) in [7, 11) is -3.89. The van der Waals surface area contributed by atoms with Crippen molar-refractivity contribution < 1.29 is 37.1 Å². The molecular weight excluding hydrogens is 739 g/mol. The van der Waals surface area contributed by atoms with Crippen LogP contribution in [-0.4, -0.2) is 94.9 Å². The van der Waals surface area contributed by atoms with Crippen LogP contribution in [0.2, 0.25) is 0 Å². The number of allylic oxidation sites excluding steroid dienone is 1. The van der Waals surface area contributed by atoms with Crippen LogP contribution in [-0.2, 0) is 33.9 Å². The van der Waals surface area contributed by atoms with Crippen LogP contribution in [0.4, 0.5) is 0 Å². The molecule has 0 aromatic carbocycles. The zero-order valence-corrected chi connectivity index (χ0v) is 32.7. The standard InChI is InChI=1S/C37H47N5O8S3/c1-36(2,3)50-29(43)16-22-10-7-5-4-6-8-11-24-17-37(24,35(47)40-53(48,49)25-13-14-25)39-31(44)30-26-20-41(18-23(26)19-42(30)33(22)45)34(46)32-38-27(21-52-32)28-12-9-15-51-28/h8-9,11-12,15,21-26,30H,4-7,10,13-14,16-20H2,1-3H3,(H,39,44)(H,40,47)/b11-8-/t22-,23+,24-,26+,30+,37-/m1/s1. The Hall–Kier alpha value is -3.63. The Kier molecular flexibility index (Phi) is 10.3. The van der Waals surface area contributed by atoms with Gasteiger partial charge in [-0.25, -0.2) is 13.4 Å². The molecule has 2 saturated carbocycles. The summed E-state index contributed by atoms with van der Waals surface area (Å²) in [6.45, 7) is 5.99. The number of ether oxygens (including phenoxy) is 1. The minimum absolute atomic E-state index is 0.134. The first-order valence-electron chi connectivity index (χ1n) is 18.5. The van der Waals surface area contributed by atoms with Gasteiger partial charge in [-0.15, -0.1) is 22.7 Å². The zero-order valence-electron chi connectivity index (χ0n) is 30.2. The van der Waals surface area contributed by atoms with E-state index in [4.69, 9.17) is 4.74 Å². The number of esters is 1. The minimum atomic E-state index is -3.89. The molecule has 0 radical (unpaired) electrons. The molecule has 0 unspecified atom stereocenters. The summed E-state index contributed by atoms with van der Waals surface area (Å²) in [5.74, 6) is -4.28. The van der Waals surface area contributed by atoms with Gasteiger partial charge in [0.2, 0.25) is 21.8 Å². The summed E-state index contributed by atoms with van der Waals surface area (Å²) in [6, 6.07) is 2.81. The Morgan fingerprint density at radius 2 is 1.87 bits per heavy atom. The van der Waals surface area contributed by atoms with Gasteiger partial charge in [0, 0.05) is 48.7 Å². The number of carbonyl (C=O) groups is 5. The third-order valence-corrected chi connectivity index (χ3v) is 14.4. The summed E-state index contributed by atoms with van der Waals surface area (Å²) >= 11 is 2.79. The molecule has 6 atom stereocenters. The van der Waals surface area contributed by atoms with E-state index in [-0.39, 0.29) is 43.7 Å². The van der Waals surface area contributed by atoms with Crippen LogP contribution >= 0.6 is 22.7 Å². The molecule has 4 fully saturated rings. The second-order valence-corrected chi connectivity index (χ2v) is 19.9. The van der Waals surface area contributed by atoms with Gasteiger partial charge >= 0.3 is 5.97 Å². The van der Waals surface area contributed by atoms with Crippen LogP contribution in [0.1, 0.15) is 88.4 Å². The van der Waals surface area contributed by atoms with E-state index in [1.807, 2.05) is 35.0 Å². The van der Waals surface area contributed by atoms with Gasteiger partial charge in [-0.05, 0) is 70.7 Å². The molecule has 2 N–H and O–H groups in total. The number of amides is 4. The lowest BCUT2D eigenvalue weighted by Crippen LogP contribution is -2.58. The molecule has 0 bridgehead atoms. The predicted octanol–water partition coefficient (Wildman–Crippen LogP) is 4.12. The third-order valence-electron chi connectivity index (χ3n) is 10.9. The summed E-state index contributed by atoms with van der Waals surface area (Å²) in [6.07, 6.45) is 8.37. The molecule has 13 nitrogen and oxygen atoms in total. The van der Waals surface area contributed by atoms with Crippen molar-refractivity contribution in [2.45, 2.75) is 101 Å². The van der Waals surface area contributed by atoms with E-state index in [0.717, 1.165) is 23.4 Å². The normalized spacial score (nSPS) is 29.9. The van der Waals surface area contributed by atoms with E-state index in [1.165, 1.54) is 22.7 Å². The quantitative estimate of drug-likeness (QED) is 0.310. The Balaban J connectivity index is 1.17. The van der Waals surface area contributed by atoms with Crippen molar-refractivity contribution in [3.05, 3.63) is 40.1 Å². The number of fused-ring (bicyclic) bond motifs is 4. The van der Waals surface area contributed by atoms with Crippen molar-refractivity contribution in [3.63, 3.8) is 0 Å². The van der Waals surface area contributed by atoms with Crippen molar-refractivity contribution in [1.29, 1.82) is 0 Å². The van der Waals surface area contributed by atoms with Crippen molar-refractivity contribution >= 4 is 62.3 Å². The van der Waals surface area contributed by atoms with Gasteiger partial charge in [0.05, 0.1) is 22.2 Å². The topological polar surface area (TPSA) is 172 Å². The van der Waals surface area contributed by atoms with Crippen molar-refractivity contribution in [1.82, 2.24) is 24.8 Å². The molecule has 0 spiro atoms. The van der Waals surface area contributed by atoms with Crippen molar-refractivity contribution in [2.75, 3.05) is 19.6 Å². The molecule has 2 saturated heterocycles. The molecule has 53 heavy (non-hydrogen) atoms. The van der Waals surface area contributed by atoms with Gasteiger partial charge in [-0.2, -0.15) is 0 Å². The number of hydrogen-bond donors (Lipinski definition) is 2. The van der Waals surface area contributed by atoms with Crippen LogP contribution in [0, 0.1) is 23.7 Å². The van der Waals surface area contributed by atoms with Crippen LogP contribution in [0.15, 0.2) is 35.0 Å². The number of likely N-dealkylation sites (tertiary alicyclic amines) is 1. The molecule has 16 heteroatoms. The van der Waals surface area contributed by atoms with Gasteiger partial charge in [0.25, 0.3) is 11.8 Å². The number of nitrogens with zero attached hydrogens (tertiary/aromatic N) is 3. The van der Waals surface area contributed by atoms with Gasteiger partial charge in [-0.3, -0.25) is 28.7 Å². The Morgan fingerprint density at radius 1 is 1.08 bits per heavy atom. The molecular formula is C37H47N5O8S3. The lowest BCUT2D eigenvalue weighted by Gasteiger charge is -2.32. The fourth-order valence-electron chi connectivity index (χ4n) is 8.00. The highest BCUT2D eigenvalue weighted by Gasteiger charge is 2.63. The molecule has 2 aromatic heterocycles. The van der Waals surface area contributed by atoms with Gasteiger partial charge in [0.15, 0.2) is 5.01 Å². The monoisotopic (exact) mass is 785 g/mol. The average molecular weight is 786 g/mol. The average Bonchev–Trinajstić information content (AvgIpc) is 3.72. The number of sulfonamides is 1. The molecule has 3 aliphatic heterocycles. The summed E-state index contributed by atoms with van der Waals surface area (Å²) in [5, 5.41) is 6.45. The number of rotatable bonds is 7. The maximum absolute atomic E-state index is 14.6. The smallest absolute Gasteiger partial charge is 0.307 e. The summed E-state index contributed by atoms with van der Waals surface area (Å²) in [4.78, 5) is 78.6. The fraction of sp³-hybridized carbons (Fsp3) is 0.622. The third kappa shape index (κ3) is 8.09. The minimum Gasteiger partial charge on any atom is -0.460 e. The molecule has 5 aliphatic rings. The number of thiazole rings is 1. The maximum atomic E-state index is 14.6. The van der Waals surface area contributed by atoms with Crippen LogP contribution < -0.4 is 10.0 Å². The number of carbonyl (C=O) groups excluding carboxylic acids is 5. The molecule has 2 aromatic rings. The van der Waals surface area contributed by atoms with Crippen molar-refractivity contribution in [3.8, 4) is 10.6 Å². The lowest BCUT2D eigenvalue weighted by molar-refractivity contribution is -0.159. The molecule has 5 heterocycles. The number of nitrogens with one attached hydrogen (secondary N) is 2. The van der Waals surface area contributed by atoms with E-state index in [0.29, 0.717) is 43.7 Å². The van der Waals surface area contributed by atoms with E-state index in [9.17, 15) is 32.4 Å². The lowest BCUT2D eigenvalue weighted by atomic mass is 9.92. The summed E-state index contributed by atoms with van der Waals surface area (Å²) < 4.78 is 33.6. The van der Waals surface area contributed by atoms with Crippen LogP contribution in [0.3, 0.4) is 0 Å². The van der Waals surface area contributed by atoms with Crippen LogP contribution in [0.5, 0.6) is 0 Å². The highest BCUT2D eigenvalue weighted by molar-refractivity contribution is 7.91. The highest BCUT2D eigenvalue weighted by Crippen LogP contribution is 2.47. The molecule has 2 aliphatic carbocycles. The molecule has 286 valence electrons. The highest BCUT2D eigenvalue weighted by atomic mass is 32.2. The van der Waals surface area contributed by atoms with Gasteiger partial charge < -0.3 is 19.9 Å². The SMILES string of the molecule is CC(C)(C)OC(=O)C[C@H]1CCCCC/C=C\[C@@H]2C[C@@]2(C(=O)NS(=O)(=O)C2CC2)NC(=O)[C@@H]2[C@H]3CN(C(=O)c4nc(-c5cccs5)cs4)C[C@H]3CN2C1=O. The first-order valence-corrected chi connectivity index (χ1v) is 21.8. The Labute approximate surface area is 318 Å². The Morgan fingerprint density at radius 3 is 2.58 bits per heavy atom. The fourth-order valence-corrected chi connectivity index (χ4v) is 10.9. The van der Waals surface area contributed by atoms with E-state index in [2.05, 4.69) is 15.0 Å².